The van der Waals surface area contributed by atoms with Gasteiger partial charge in [-0.1, -0.05) is 54.1 Å². The summed E-state index contributed by atoms with van der Waals surface area (Å²) in [4.78, 5) is 16.6. The van der Waals surface area contributed by atoms with Gasteiger partial charge < -0.3 is 11.1 Å². The van der Waals surface area contributed by atoms with Crippen LogP contribution in [0.25, 0.3) is 11.3 Å². The second-order valence-electron chi connectivity index (χ2n) is 8.43. The minimum absolute atomic E-state index is 0.0192. The number of hydrogen-bond acceptors (Lipinski definition) is 5. The first kappa shape index (κ1) is 26.4. The zero-order valence-electron chi connectivity index (χ0n) is 19.4. The Bertz CT molecular complexity index is 1320. The first-order valence-electron chi connectivity index (χ1n) is 10.7. The maximum Gasteiger partial charge on any atom is 0.433 e. The van der Waals surface area contributed by atoms with Gasteiger partial charge in [0.1, 0.15) is 11.1 Å². The van der Waals surface area contributed by atoms with E-state index in [0.29, 0.717) is 22.3 Å². The van der Waals surface area contributed by atoms with Crippen LogP contribution >= 0.6 is 0 Å². The molecule has 1 aromatic heterocycles. The van der Waals surface area contributed by atoms with Gasteiger partial charge in [0, 0.05) is 18.4 Å². The molecule has 10 heteroatoms. The number of nitrogens with two attached hydrogens (primary N) is 1. The van der Waals surface area contributed by atoms with E-state index in [-0.39, 0.29) is 18.1 Å². The molecule has 3 N–H and O–H groups in total. The van der Waals surface area contributed by atoms with Crippen LogP contribution in [0.3, 0.4) is 0 Å². The molecule has 0 saturated carbocycles. The number of aromatic nitrogens is 1. The molecule has 1 amide bonds. The summed E-state index contributed by atoms with van der Waals surface area (Å²) in [5.74, 6) is -0.941. The Balaban J connectivity index is 1.80. The SMILES string of the molecule is Cc1cccc(-c2nc(C(F)(F)F)ccc2CNC(=O)C(C)c2ccc(C(N)S(C)(=O)=O)cc2)c1. The van der Waals surface area contributed by atoms with Crippen LogP contribution in [-0.4, -0.2) is 25.6 Å². The van der Waals surface area contributed by atoms with E-state index in [1.807, 2.05) is 13.0 Å². The van der Waals surface area contributed by atoms with Crippen molar-refractivity contribution in [1.29, 1.82) is 0 Å². The standard InChI is InChI=1S/C25H26F3N3O3S/c1-15-5-4-6-19(13-15)22-20(11-12-21(31-22)25(26,27)28)14-30-24(32)16(2)17-7-9-18(10-8-17)23(29)35(3,33)34/h4-13,16,23H,14,29H2,1-3H3,(H,30,32). The highest BCUT2D eigenvalue weighted by Crippen LogP contribution is 2.31. The van der Waals surface area contributed by atoms with E-state index in [9.17, 15) is 26.4 Å². The fourth-order valence-corrected chi connectivity index (χ4v) is 4.19. The molecule has 0 aliphatic carbocycles. The van der Waals surface area contributed by atoms with E-state index in [2.05, 4.69) is 10.3 Å². The number of nitrogens with one attached hydrogen (secondary N) is 1. The summed E-state index contributed by atoms with van der Waals surface area (Å²) >= 11 is 0. The first-order chi connectivity index (χ1) is 16.3. The lowest BCUT2D eigenvalue weighted by molar-refractivity contribution is -0.141. The third-order valence-electron chi connectivity index (χ3n) is 5.63. The summed E-state index contributed by atoms with van der Waals surface area (Å²) in [5.41, 5.74) is 7.74. The Morgan fingerprint density at radius 3 is 2.26 bits per heavy atom. The van der Waals surface area contributed by atoms with Crippen LogP contribution in [-0.2, 0) is 27.4 Å². The van der Waals surface area contributed by atoms with Crippen molar-refractivity contribution in [2.45, 2.75) is 37.9 Å². The highest BCUT2D eigenvalue weighted by Gasteiger charge is 2.33. The molecule has 1 heterocycles. The highest BCUT2D eigenvalue weighted by atomic mass is 32.2. The smallest absolute Gasteiger partial charge is 0.351 e. The molecular formula is C25H26F3N3O3S. The van der Waals surface area contributed by atoms with Gasteiger partial charge in [0.25, 0.3) is 0 Å². The van der Waals surface area contributed by atoms with Crippen molar-refractivity contribution in [3.63, 3.8) is 0 Å². The van der Waals surface area contributed by atoms with Gasteiger partial charge in [-0.3, -0.25) is 4.79 Å². The largest absolute Gasteiger partial charge is 0.433 e. The number of pyridine rings is 1. The molecule has 3 rings (SSSR count). The highest BCUT2D eigenvalue weighted by molar-refractivity contribution is 7.90. The van der Waals surface area contributed by atoms with Gasteiger partial charge in [-0.15, -0.1) is 0 Å². The molecule has 3 aromatic rings. The van der Waals surface area contributed by atoms with Crippen molar-refractivity contribution in [3.8, 4) is 11.3 Å². The molecule has 2 aromatic carbocycles. The number of amides is 1. The number of carbonyl (C=O) groups excluding carboxylic acids is 1. The normalized spacial score (nSPS) is 13.8. The van der Waals surface area contributed by atoms with E-state index in [4.69, 9.17) is 5.73 Å². The van der Waals surface area contributed by atoms with Crippen LogP contribution in [0, 0.1) is 6.92 Å². The number of nitrogens with zero attached hydrogens (tertiary/aromatic N) is 1. The summed E-state index contributed by atoms with van der Waals surface area (Å²) in [6.45, 7) is 3.48. The van der Waals surface area contributed by atoms with Crippen LogP contribution in [0.1, 0.15) is 46.2 Å². The van der Waals surface area contributed by atoms with Crippen LogP contribution < -0.4 is 11.1 Å². The van der Waals surface area contributed by atoms with Gasteiger partial charge in [0.2, 0.25) is 5.91 Å². The molecule has 0 spiro atoms. The predicted molar refractivity (Wildman–Crippen MR) is 128 cm³/mol. The Morgan fingerprint density at radius 2 is 1.69 bits per heavy atom. The van der Waals surface area contributed by atoms with E-state index >= 15 is 0 Å². The molecule has 0 fully saturated rings. The molecule has 0 radical (unpaired) electrons. The number of sulfone groups is 1. The number of alkyl halides is 3. The van der Waals surface area contributed by atoms with Crippen molar-refractivity contribution in [3.05, 3.63) is 88.6 Å². The van der Waals surface area contributed by atoms with E-state index in [1.165, 1.54) is 6.07 Å². The second kappa shape index (κ2) is 10.2. The van der Waals surface area contributed by atoms with Gasteiger partial charge in [0.05, 0.1) is 11.6 Å². The molecule has 0 aliphatic heterocycles. The summed E-state index contributed by atoms with van der Waals surface area (Å²) in [7, 11) is -3.46. The maximum atomic E-state index is 13.3. The van der Waals surface area contributed by atoms with Crippen molar-refractivity contribution in [1.82, 2.24) is 10.3 Å². The zero-order chi connectivity index (χ0) is 26.0. The fraction of sp³-hybridized carbons (Fsp3) is 0.280. The fourth-order valence-electron chi connectivity index (χ4n) is 3.54. The van der Waals surface area contributed by atoms with Gasteiger partial charge in [0.15, 0.2) is 9.84 Å². The van der Waals surface area contributed by atoms with Gasteiger partial charge in [-0.2, -0.15) is 13.2 Å². The van der Waals surface area contributed by atoms with Crippen LogP contribution in [0.2, 0.25) is 0 Å². The molecule has 35 heavy (non-hydrogen) atoms. The molecular weight excluding hydrogens is 479 g/mol. The summed E-state index contributed by atoms with van der Waals surface area (Å²) < 4.78 is 63.1. The number of halogens is 3. The molecule has 186 valence electrons. The molecule has 6 nitrogen and oxygen atoms in total. The monoisotopic (exact) mass is 505 g/mol. The van der Waals surface area contributed by atoms with Crippen LogP contribution in [0.5, 0.6) is 0 Å². The quantitative estimate of drug-likeness (QED) is 0.492. The number of hydrogen-bond donors (Lipinski definition) is 2. The van der Waals surface area contributed by atoms with Crippen molar-refractivity contribution in [2.24, 2.45) is 5.73 Å². The molecule has 0 aliphatic rings. The Kier molecular flexibility index (Phi) is 7.66. The van der Waals surface area contributed by atoms with Crippen molar-refractivity contribution in [2.75, 3.05) is 6.26 Å². The molecule has 0 bridgehead atoms. The van der Waals surface area contributed by atoms with Crippen molar-refractivity contribution < 1.29 is 26.4 Å². The van der Waals surface area contributed by atoms with Crippen molar-refractivity contribution >= 4 is 15.7 Å². The van der Waals surface area contributed by atoms with Gasteiger partial charge >= 0.3 is 6.18 Å². The van der Waals surface area contributed by atoms with E-state index < -0.39 is 33.0 Å². The number of rotatable bonds is 7. The summed E-state index contributed by atoms with van der Waals surface area (Å²) in [6, 6.07) is 15.6. The minimum Gasteiger partial charge on any atom is -0.351 e. The third kappa shape index (κ3) is 6.46. The molecule has 2 unspecified atom stereocenters. The Morgan fingerprint density at radius 1 is 1.06 bits per heavy atom. The molecule has 0 saturated heterocycles. The number of carbonyl (C=O) groups is 1. The average molecular weight is 506 g/mol. The predicted octanol–water partition coefficient (Wildman–Crippen LogP) is 4.50. The van der Waals surface area contributed by atoms with E-state index in [0.717, 1.165) is 17.9 Å². The number of benzene rings is 2. The summed E-state index contributed by atoms with van der Waals surface area (Å²) in [6.07, 6.45) is -3.55. The number of aryl methyl sites for hydroxylation is 1. The first-order valence-corrected chi connectivity index (χ1v) is 12.7. The second-order valence-corrected chi connectivity index (χ2v) is 10.6. The molecule has 2 atom stereocenters. The maximum absolute atomic E-state index is 13.3. The lowest BCUT2D eigenvalue weighted by Crippen LogP contribution is -2.28. The zero-order valence-corrected chi connectivity index (χ0v) is 20.2. The topological polar surface area (TPSA) is 102 Å². The lowest BCUT2D eigenvalue weighted by Gasteiger charge is -2.17. The Labute approximate surface area is 202 Å². The van der Waals surface area contributed by atoms with Crippen LogP contribution in [0.15, 0.2) is 60.7 Å². The van der Waals surface area contributed by atoms with Crippen LogP contribution in [0.4, 0.5) is 13.2 Å². The van der Waals surface area contributed by atoms with Gasteiger partial charge in [-0.05, 0) is 42.7 Å². The van der Waals surface area contributed by atoms with Gasteiger partial charge in [-0.25, -0.2) is 13.4 Å². The lowest BCUT2D eigenvalue weighted by atomic mass is 9.98. The summed E-state index contributed by atoms with van der Waals surface area (Å²) in [5, 5.41) is 1.60. The van der Waals surface area contributed by atoms with E-state index in [1.54, 1.807) is 49.4 Å². The third-order valence-corrected chi connectivity index (χ3v) is 6.83. The average Bonchev–Trinajstić information content (AvgIpc) is 2.80. The minimum atomic E-state index is -4.60. The Hall–Kier alpha value is -3.24.